The lowest BCUT2D eigenvalue weighted by Crippen LogP contribution is -2.37. The molecule has 0 aromatic heterocycles. The van der Waals surface area contributed by atoms with Crippen molar-refractivity contribution in [1.29, 1.82) is 0 Å². The molecule has 74 valence electrons. The highest BCUT2D eigenvalue weighted by atomic mass is 16.6. The number of hydrogen-bond donors (Lipinski definition) is 4. The Labute approximate surface area is 72.3 Å². The summed E-state index contributed by atoms with van der Waals surface area (Å²) in [5.74, 6) is -0.817. The van der Waals surface area contributed by atoms with Gasteiger partial charge < -0.3 is 15.4 Å². The van der Waals surface area contributed by atoms with E-state index >= 15 is 0 Å². The van der Waals surface area contributed by atoms with Crippen molar-refractivity contribution in [3.63, 3.8) is 0 Å². The number of likely N-dealkylation sites (N-methyl/N-ethyl adjacent to an activating group) is 1. The van der Waals surface area contributed by atoms with Crippen molar-refractivity contribution in [2.45, 2.75) is 6.17 Å². The first-order valence-corrected chi connectivity index (χ1v) is 3.01. The summed E-state index contributed by atoms with van der Waals surface area (Å²) in [7, 11) is 1.09. The second kappa shape index (κ2) is 4.74. The maximum absolute atomic E-state index is 9.98. The fourth-order valence-corrected chi connectivity index (χ4v) is 0.619. The Morgan fingerprint density at radius 2 is 2.23 bits per heavy atom. The van der Waals surface area contributed by atoms with Gasteiger partial charge in [0.2, 0.25) is 11.0 Å². The Hall–Kier alpha value is -2.06. The molecule has 0 radical (unpaired) electrons. The third-order valence-corrected chi connectivity index (χ3v) is 1.19. The third kappa shape index (κ3) is 2.47. The molecule has 0 aromatic carbocycles. The molecule has 0 amide bonds. The first kappa shape index (κ1) is 10.9. The molecule has 9 nitrogen and oxygen atoms in total. The maximum Gasteiger partial charge on any atom is 0.385 e. The molecule has 0 aliphatic carbocycles. The van der Waals surface area contributed by atoms with E-state index in [1.54, 1.807) is 0 Å². The largest absolute Gasteiger partial charge is 0.512 e. The molecule has 0 aromatic rings. The van der Waals surface area contributed by atoms with Gasteiger partial charge in [-0.1, -0.05) is 0 Å². The second-order valence-electron chi connectivity index (χ2n) is 1.99. The Bertz CT molecular complexity index is 221. The van der Waals surface area contributed by atoms with Gasteiger partial charge in [-0.3, -0.25) is 5.21 Å². The van der Waals surface area contributed by atoms with Crippen LogP contribution in [-0.4, -0.2) is 43.7 Å². The zero-order valence-corrected chi connectivity index (χ0v) is 6.64. The zero-order valence-electron chi connectivity index (χ0n) is 6.64. The number of hydroxylamine groups is 1. The number of hydrogen-bond acceptors (Lipinski definition) is 5. The van der Waals surface area contributed by atoms with Crippen molar-refractivity contribution in [2.24, 2.45) is 10.6 Å². The molecular formula is C4H9N4O5+. The summed E-state index contributed by atoms with van der Waals surface area (Å²) in [5.41, 5.74) is 0. The summed E-state index contributed by atoms with van der Waals surface area (Å²) in [4.78, 5) is 9.82. The summed E-state index contributed by atoms with van der Waals surface area (Å²) >= 11 is 0. The van der Waals surface area contributed by atoms with Crippen molar-refractivity contribution in [1.82, 2.24) is 5.01 Å². The van der Waals surface area contributed by atoms with Crippen LogP contribution < -0.4 is 0 Å². The number of rotatable bonds is 4. The van der Waals surface area contributed by atoms with E-state index in [9.17, 15) is 4.91 Å². The van der Waals surface area contributed by atoms with E-state index < -0.39 is 11.9 Å². The molecule has 0 aliphatic rings. The third-order valence-electron chi connectivity index (χ3n) is 1.19. The highest BCUT2D eigenvalue weighted by molar-refractivity contribution is 4.89. The lowest BCUT2D eigenvalue weighted by molar-refractivity contribution is -0.866. The first-order valence-electron chi connectivity index (χ1n) is 3.01. The van der Waals surface area contributed by atoms with E-state index in [1.807, 2.05) is 0 Å². The lowest BCUT2D eigenvalue weighted by atomic mass is 10.4. The minimum Gasteiger partial charge on any atom is -0.512 e. The van der Waals surface area contributed by atoms with Crippen LogP contribution in [0.25, 0.3) is 0 Å². The molecule has 13 heavy (non-hydrogen) atoms. The van der Waals surface area contributed by atoms with Gasteiger partial charge in [0.15, 0.2) is 4.86 Å². The molecule has 1 atom stereocenters. The van der Waals surface area contributed by atoms with Gasteiger partial charge in [0.25, 0.3) is 0 Å². The molecule has 0 fully saturated rings. The van der Waals surface area contributed by atoms with Crippen LogP contribution in [0.4, 0.5) is 0 Å². The molecule has 0 aliphatic heterocycles. The molecule has 4 N–H and O–H groups in total. The minimum absolute atomic E-state index is 0.163. The fraction of sp³-hybridized carbons (Fsp3) is 0.500. The molecular weight excluding hydrogens is 184 g/mol. The van der Waals surface area contributed by atoms with E-state index in [1.165, 1.54) is 0 Å². The molecule has 1 unspecified atom stereocenters. The van der Waals surface area contributed by atoms with Gasteiger partial charge in [0.05, 0.1) is 5.29 Å². The predicted octanol–water partition coefficient (Wildman–Crippen LogP) is 0.126. The molecule has 0 bridgehead atoms. The van der Waals surface area contributed by atoms with Gasteiger partial charge in [0, 0.05) is 7.05 Å². The monoisotopic (exact) mass is 193 g/mol. The van der Waals surface area contributed by atoms with Crippen LogP contribution in [-0.2, 0) is 0 Å². The molecule has 0 saturated carbocycles. The number of nitrogens with zero attached hydrogens (tertiary/aromatic N) is 4. The highest BCUT2D eigenvalue weighted by Gasteiger charge is 2.34. The van der Waals surface area contributed by atoms with Crippen LogP contribution in [0.3, 0.4) is 0 Å². The summed E-state index contributed by atoms with van der Waals surface area (Å²) in [6.45, 7) is 0. The topological polar surface area (TPSA) is 129 Å². The Kier molecular flexibility index (Phi) is 3.99. The maximum atomic E-state index is 9.98. The van der Waals surface area contributed by atoms with Gasteiger partial charge in [-0.05, 0) is 0 Å². The van der Waals surface area contributed by atoms with E-state index in [2.05, 4.69) is 10.6 Å². The van der Waals surface area contributed by atoms with Crippen LogP contribution in [0.5, 0.6) is 0 Å². The van der Waals surface area contributed by atoms with Crippen molar-refractivity contribution >= 4 is 0 Å². The smallest absolute Gasteiger partial charge is 0.385 e. The molecule has 0 heterocycles. The zero-order chi connectivity index (χ0) is 10.4. The number of aliphatic hydroxyl groups is 2. The van der Waals surface area contributed by atoms with E-state index in [0.717, 1.165) is 7.05 Å². The molecule has 0 rings (SSSR count). The van der Waals surface area contributed by atoms with Crippen LogP contribution >= 0.6 is 0 Å². The SMILES string of the molecule is CN(N=O)C(/C(O)=C/O)/[N+](O)=N/O. The van der Waals surface area contributed by atoms with E-state index in [-0.39, 0.29) is 11.1 Å². The number of aliphatic hydroxyl groups excluding tert-OH is 2. The van der Waals surface area contributed by atoms with Crippen molar-refractivity contribution in [2.75, 3.05) is 7.05 Å². The van der Waals surface area contributed by atoms with Crippen LogP contribution in [0, 0.1) is 4.91 Å². The highest BCUT2D eigenvalue weighted by Crippen LogP contribution is 2.06. The summed E-state index contributed by atoms with van der Waals surface area (Å²) in [5, 5.41) is 39.3. The van der Waals surface area contributed by atoms with Crippen LogP contribution in [0.15, 0.2) is 22.6 Å². The Morgan fingerprint density at radius 1 is 1.69 bits per heavy atom. The number of nitroso groups, excluding NO2 is 1. The predicted molar refractivity (Wildman–Crippen MR) is 36.9 cm³/mol. The van der Waals surface area contributed by atoms with Gasteiger partial charge in [-0.15, -0.1) is 4.91 Å². The van der Waals surface area contributed by atoms with E-state index in [4.69, 9.17) is 20.6 Å². The average Bonchev–Trinajstić information content (AvgIpc) is 2.16. The minimum atomic E-state index is -1.58. The van der Waals surface area contributed by atoms with Crippen molar-refractivity contribution < 1.29 is 25.5 Å². The second-order valence-corrected chi connectivity index (χ2v) is 1.99. The summed E-state index contributed by atoms with van der Waals surface area (Å²) in [6.07, 6.45) is -1.35. The fourth-order valence-electron chi connectivity index (χ4n) is 0.619. The van der Waals surface area contributed by atoms with Gasteiger partial charge >= 0.3 is 6.17 Å². The van der Waals surface area contributed by atoms with Gasteiger partial charge in [0.1, 0.15) is 6.26 Å². The molecule has 9 heteroatoms. The average molecular weight is 193 g/mol. The van der Waals surface area contributed by atoms with Gasteiger partial charge in [-0.2, -0.15) is 5.01 Å². The normalized spacial score (nSPS) is 15.2. The van der Waals surface area contributed by atoms with Crippen LogP contribution in [0.2, 0.25) is 0 Å². The molecule has 0 spiro atoms. The first-order chi connectivity index (χ1) is 6.08. The summed E-state index contributed by atoms with van der Waals surface area (Å²) < 4.78 is 0. The van der Waals surface area contributed by atoms with Gasteiger partial charge in [-0.25, -0.2) is 0 Å². The Morgan fingerprint density at radius 3 is 2.54 bits per heavy atom. The quantitative estimate of drug-likeness (QED) is 0.125. The van der Waals surface area contributed by atoms with E-state index in [0.29, 0.717) is 5.01 Å². The van der Waals surface area contributed by atoms with Crippen molar-refractivity contribution in [3.8, 4) is 0 Å². The summed E-state index contributed by atoms with van der Waals surface area (Å²) in [6, 6.07) is 0. The molecule has 0 saturated heterocycles. The lowest BCUT2D eigenvalue weighted by Gasteiger charge is -2.10. The standard InChI is InChI=1S/C4H8N4O5/c1-7(5-11)4(3(10)2-9)8(13)6-12/h2,4,9-10,13H,1H3/p+1/b3-2-. The van der Waals surface area contributed by atoms with Crippen molar-refractivity contribution in [3.05, 3.63) is 16.9 Å². The van der Waals surface area contributed by atoms with Crippen LogP contribution in [0.1, 0.15) is 0 Å². The Balaban J connectivity index is 4.86.